The smallest absolute Gasteiger partial charge is 0.267 e. The molecule has 140 valence electrons. The fourth-order valence-electron chi connectivity index (χ4n) is 2.94. The van der Waals surface area contributed by atoms with Gasteiger partial charge >= 0.3 is 0 Å². The third-order valence-corrected chi connectivity index (χ3v) is 7.04. The molecule has 2 amide bonds. The molecule has 1 atom stereocenters. The highest BCUT2D eigenvalue weighted by atomic mass is 32.2. The van der Waals surface area contributed by atoms with Gasteiger partial charge in [0.05, 0.1) is 17.5 Å². The summed E-state index contributed by atoms with van der Waals surface area (Å²) in [5, 5.41) is 8.19. The monoisotopic (exact) mass is 395 g/mol. The van der Waals surface area contributed by atoms with Crippen LogP contribution in [0, 0.1) is 0 Å². The van der Waals surface area contributed by atoms with Crippen LogP contribution >= 0.6 is 11.8 Å². The van der Waals surface area contributed by atoms with Crippen molar-refractivity contribution in [1.82, 2.24) is 10.3 Å². The van der Waals surface area contributed by atoms with Crippen molar-refractivity contribution in [2.24, 2.45) is 5.10 Å². The van der Waals surface area contributed by atoms with Crippen LogP contribution in [-0.2, 0) is 19.4 Å². The molecule has 1 fully saturated rings. The third-order valence-electron chi connectivity index (χ3n) is 4.28. The standard InChI is InChI=1S/C17H21N3O4S2/c21-16-7-6-15(19-20(16)13-8-11-26(23,24)12-13)17(22)18-9-10-25-14-4-2-1-3-5-14/h1-5,13H,6-12H2,(H,18,22)/t13-/m1/s1. The molecule has 0 aromatic heterocycles. The van der Waals surface area contributed by atoms with Crippen molar-refractivity contribution in [1.29, 1.82) is 0 Å². The molecule has 0 radical (unpaired) electrons. The summed E-state index contributed by atoms with van der Waals surface area (Å²) in [4.78, 5) is 25.5. The van der Waals surface area contributed by atoms with E-state index < -0.39 is 15.9 Å². The lowest BCUT2D eigenvalue weighted by atomic mass is 10.1. The first kappa shape index (κ1) is 18.9. The summed E-state index contributed by atoms with van der Waals surface area (Å²) in [6.45, 7) is 0.489. The van der Waals surface area contributed by atoms with Gasteiger partial charge in [-0.25, -0.2) is 13.4 Å². The van der Waals surface area contributed by atoms with Crippen molar-refractivity contribution in [3.63, 3.8) is 0 Å². The molecule has 2 aliphatic heterocycles. The minimum Gasteiger partial charge on any atom is -0.350 e. The minimum atomic E-state index is -3.12. The first-order chi connectivity index (χ1) is 12.4. The van der Waals surface area contributed by atoms with Gasteiger partial charge in [-0.3, -0.25) is 9.59 Å². The number of nitrogens with zero attached hydrogens (tertiary/aromatic N) is 2. The van der Waals surface area contributed by atoms with E-state index in [9.17, 15) is 18.0 Å². The van der Waals surface area contributed by atoms with Crippen LogP contribution in [0.25, 0.3) is 0 Å². The predicted molar refractivity (Wildman–Crippen MR) is 101 cm³/mol. The summed E-state index contributed by atoms with van der Waals surface area (Å²) >= 11 is 1.64. The number of hydrogen-bond donors (Lipinski definition) is 1. The van der Waals surface area contributed by atoms with E-state index in [1.807, 2.05) is 30.3 Å². The summed E-state index contributed by atoms with van der Waals surface area (Å²) in [5.41, 5.74) is 0.290. The quantitative estimate of drug-likeness (QED) is 0.574. The number of hydrazone groups is 1. The molecule has 1 aromatic rings. The lowest BCUT2D eigenvalue weighted by Gasteiger charge is -2.27. The zero-order chi connectivity index (χ0) is 18.6. The van der Waals surface area contributed by atoms with Crippen molar-refractivity contribution >= 4 is 39.1 Å². The second kappa shape index (κ2) is 8.22. The van der Waals surface area contributed by atoms with Crippen LogP contribution in [0.1, 0.15) is 19.3 Å². The molecule has 1 saturated heterocycles. The molecule has 0 aliphatic carbocycles. The molecule has 1 aromatic carbocycles. The van der Waals surface area contributed by atoms with Gasteiger partial charge in [-0.15, -0.1) is 11.8 Å². The molecule has 2 heterocycles. The molecule has 0 bridgehead atoms. The molecule has 0 spiro atoms. The molecule has 26 heavy (non-hydrogen) atoms. The van der Waals surface area contributed by atoms with E-state index in [1.165, 1.54) is 5.01 Å². The van der Waals surface area contributed by atoms with Gasteiger partial charge in [-0.2, -0.15) is 5.10 Å². The van der Waals surface area contributed by atoms with Crippen LogP contribution in [0.4, 0.5) is 0 Å². The summed E-state index contributed by atoms with van der Waals surface area (Å²) in [5.74, 6) is 0.201. The van der Waals surface area contributed by atoms with Gasteiger partial charge in [0.15, 0.2) is 9.84 Å². The minimum absolute atomic E-state index is 0.0647. The molecule has 0 saturated carbocycles. The molecule has 2 aliphatic rings. The largest absolute Gasteiger partial charge is 0.350 e. The van der Waals surface area contributed by atoms with Gasteiger partial charge < -0.3 is 5.32 Å². The van der Waals surface area contributed by atoms with Gasteiger partial charge in [0.1, 0.15) is 5.71 Å². The molecule has 0 unspecified atom stereocenters. The number of sulfone groups is 1. The molecule has 7 nitrogen and oxygen atoms in total. The number of thioether (sulfide) groups is 1. The van der Waals surface area contributed by atoms with Crippen molar-refractivity contribution < 1.29 is 18.0 Å². The summed E-state index contributed by atoms with van der Waals surface area (Å²) in [6.07, 6.45) is 0.841. The van der Waals surface area contributed by atoms with Crippen molar-refractivity contribution in [2.75, 3.05) is 23.8 Å². The lowest BCUT2D eigenvalue weighted by Crippen LogP contribution is -2.44. The number of carbonyl (C=O) groups excluding carboxylic acids is 2. The normalized spacial score (nSPS) is 22.2. The molecule has 9 heteroatoms. The highest BCUT2D eigenvalue weighted by molar-refractivity contribution is 7.99. The Labute approximate surface area is 157 Å². The van der Waals surface area contributed by atoms with Crippen molar-refractivity contribution in [3.8, 4) is 0 Å². The van der Waals surface area contributed by atoms with Crippen LogP contribution in [-0.4, -0.2) is 60.8 Å². The van der Waals surface area contributed by atoms with Gasteiger partial charge in [0.2, 0.25) is 5.91 Å². The summed E-state index contributed by atoms with van der Waals surface area (Å²) < 4.78 is 23.3. The lowest BCUT2D eigenvalue weighted by molar-refractivity contribution is -0.133. The van der Waals surface area contributed by atoms with E-state index in [-0.39, 0.29) is 36.2 Å². The predicted octanol–water partition coefficient (Wildman–Crippen LogP) is 1.06. The average Bonchev–Trinajstić information content (AvgIpc) is 2.99. The van der Waals surface area contributed by atoms with Crippen LogP contribution in [0.3, 0.4) is 0 Å². The van der Waals surface area contributed by atoms with Gasteiger partial charge in [-0.1, -0.05) is 18.2 Å². The van der Waals surface area contributed by atoms with Gasteiger partial charge in [-0.05, 0) is 18.6 Å². The zero-order valence-electron chi connectivity index (χ0n) is 14.3. The second-order valence-corrected chi connectivity index (χ2v) is 9.66. The third kappa shape index (κ3) is 4.85. The number of amides is 2. The maximum absolute atomic E-state index is 12.3. The summed E-state index contributed by atoms with van der Waals surface area (Å²) in [6, 6.07) is 9.45. The topological polar surface area (TPSA) is 95.9 Å². The summed E-state index contributed by atoms with van der Waals surface area (Å²) in [7, 11) is -3.12. The van der Waals surface area contributed by atoms with E-state index in [0.29, 0.717) is 18.7 Å². The fourth-order valence-corrected chi connectivity index (χ4v) is 5.42. The SMILES string of the molecule is O=C(NCCSc1ccccc1)C1=NN([C@@H]2CCS(=O)(=O)C2)C(=O)CC1. The number of carbonyl (C=O) groups is 2. The Hall–Kier alpha value is -1.87. The van der Waals surface area contributed by atoms with E-state index in [1.54, 1.807) is 11.8 Å². The number of hydrogen-bond acceptors (Lipinski definition) is 6. The van der Waals surface area contributed by atoms with Gasteiger partial charge in [0, 0.05) is 30.0 Å². The van der Waals surface area contributed by atoms with Crippen LogP contribution < -0.4 is 5.32 Å². The Balaban J connectivity index is 1.53. The Kier molecular flexibility index (Phi) is 5.98. The first-order valence-electron chi connectivity index (χ1n) is 8.50. The van der Waals surface area contributed by atoms with Crippen molar-refractivity contribution in [2.45, 2.75) is 30.2 Å². The number of rotatable bonds is 6. The number of benzene rings is 1. The fraction of sp³-hybridized carbons (Fsp3) is 0.471. The molecular formula is C17H21N3O4S2. The highest BCUT2D eigenvalue weighted by Crippen LogP contribution is 2.22. The number of nitrogens with one attached hydrogen (secondary N) is 1. The Morgan fingerprint density at radius 2 is 2.04 bits per heavy atom. The maximum atomic E-state index is 12.3. The first-order valence-corrected chi connectivity index (χ1v) is 11.3. The zero-order valence-corrected chi connectivity index (χ0v) is 15.9. The highest BCUT2D eigenvalue weighted by Gasteiger charge is 2.37. The van der Waals surface area contributed by atoms with Gasteiger partial charge in [0.25, 0.3) is 5.91 Å². The van der Waals surface area contributed by atoms with Crippen LogP contribution in [0.5, 0.6) is 0 Å². The molecule has 3 rings (SSSR count). The maximum Gasteiger partial charge on any atom is 0.267 e. The second-order valence-electron chi connectivity index (χ2n) is 6.26. The van der Waals surface area contributed by atoms with Crippen molar-refractivity contribution in [3.05, 3.63) is 30.3 Å². The molecular weight excluding hydrogens is 374 g/mol. The Bertz CT molecular complexity index is 809. The molecule has 1 N–H and O–H groups in total. The van der Waals surface area contributed by atoms with Crippen LogP contribution in [0.2, 0.25) is 0 Å². The van der Waals surface area contributed by atoms with E-state index in [0.717, 1.165) is 10.6 Å². The Morgan fingerprint density at radius 1 is 1.27 bits per heavy atom. The van der Waals surface area contributed by atoms with E-state index in [4.69, 9.17) is 0 Å². The Morgan fingerprint density at radius 3 is 2.73 bits per heavy atom. The average molecular weight is 396 g/mol. The van der Waals surface area contributed by atoms with Crippen LogP contribution in [0.15, 0.2) is 40.3 Å². The van der Waals surface area contributed by atoms with E-state index in [2.05, 4.69) is 10.4 Å². The van der Waals surface area contributed by atoms with E-state index >= 15 is 0 Å².